The predicted octanol–water partition coefficient (Wildman–Crippen LogP) is 2.44. The van der Waals surface area contributed by atoms with Crippen LogP contribution in [0.15, 0.2) is 24.5 Å². The van der Waals surface area contributed by atoms with E-state index >= 15 is 0 Å². The molecule has 1 amide bonds. The third-order valence-electron chi connectivity index (χ3n) is 5.58. The molecular formula is C20H26N4O3. The van der Waals surface area contributed by atoms with Crippen LogP contribution in [0.1, 0.15) is 38.1 Å². The highest BCUT2D eigenvalue weighted by molar-refractivity contribution is 5.77. The lowest BCUT2D eigenvalue weighted by Crippen LogP contribution is -2.47. The summed E-state index contributed by atoms with van der Waals surface area (Å²) in [6, 6.07) is 6.14. The number of piperidine rings is 1. The monoisotopic (exact) mass is 370 g/mol. The quantitative estimate of drug-likeness (QED) is 0.781. The molecule has 0 aliphatic carbocycles. The van der Waals surface area contributed by atoms with Crippen LogP contribution >= 0.6 is 0 Å². The lowest BCUT2D eigenvalue weighted by Gasteiger charge is -2.40. The molecule has 0 unspecified atom stereocenters. The summed E-state index contributed by atoms with van der Waals surface area (Å²) in [4.78, 5) is 14.4. The lowest BCUT2D eigenvalue weighted by atomic mass is 9.76. The van der Waals surface area contributed by atoms with Crippen LogP contribution in [0.5, 0.6) is 11.5 Å². The van der Waals surface area contributed by atoms with Gasteiger partial charge in [0.25, 0.3) is 0 Å². The largest absolute Gasteiger partial charge is 0.454 e. The van der Waals surface area contributed by atoms with Gasteiger partial charge in [0.05, 0.1) is 0 Å². The van der Waals surface area contributed by atoms with Gasteiger partial charge in [-0.05, 0) is 42.9 Å². The molecule has 2 aromatic rings. The fourth-order valence-electron chi connectivity index (χ4n) is 4.06. The van der Waals surface area contributed by atoms with E-state index in [0.29, 0.717) is 19.8 Å². The highest BCUT2D eigenvalue weighted by Crippen LogP contribution is 2.37. The Labute approximate surface area is 159 Å². The van der Waals surface area contributed by atoms with E-state index in [9.17, 15) is 4.79 Å². The van der Waals surface area contributed by atoms with Gasteiger partial charge < -0.3 is 18.9 Å². The molecule has 2 aliphatic rings. The maximum atomic E-state index is 12.4. The molecule has 7 heteroatoms. The number of aromatic nitrogens is 3. The Bertz CT molecular complexity index is 834. The summed E-state index contributed by atoms with van der Waals surface area (Å²) in [5, 5.41) is 8.16. The summed E-state index contributed by atoms with van der Waals surface area (Å²) in [5.74, 6) is 2.80. The average Bonchev–Trinajstić information content (AvgIpc) is 3.30. The summed E-state index contributed by atoms with van der Waals surface area (Å²) >= 11 is 0. The molecule has 0 radical (unpaired) electrons. The summed E-state index contributed by atoms with van der Waals surface area (Å²) < 4.78 is 12.9. The Morgan fingerprint density at radius 2 is 2.11 bits per heavy atom. The first-order chi connectivity index (χ1) is 13.1. The Morgan fingerprint density at radius 3 is 2.96 bits per heavy atom. The molecule has 1 aromatic heterocycles. The zero-order valence-corrected chi connectivity index (χ0v) is 16.0. The number of carbonyl (C=O) groups excluding carboxylic acids is 1. The van der Waals surface area contributed by atoms with Crippen molar-refractivity contribution in [1.82, 2.24) is 19.7 Å². The molecule has 4 rings (SSSR count). The van der Waals surface area contributed by atoms with E-state index in [4.69, 9.17) is 9.47 Å². The number of ether oxygens (including phenoxy) is 2. The fraction of sp³-hybridized carbons (Fsp3) is 0.550. The summed E-state index contributed by atoms with van der Waals surface area (Å²) in [7, 11) is 0. The second-order valence-corrected chi connectivity index (χ2v) is 7.77. The van der Waals surface area contributed by atoms with Crippen molar-refractivity contribution in [3.05, 3.63) is 35.9 Å². The van der Waals surface area contributed by atoms with Gasteiger partial charge in [0.15, 0.2) is 11.5 Å². The van der Waals surface area contributed by atoms with Crippen LogP contribution in [0, 0.1) is 5.41 Å². The van der Waals surface area contributed by atoms with Crippen LogP contribution in [0.25, 0.3) is 0 Å². The van der Waals surface area contributed by atoms with Crippen molar-refractivity contribution in [3.63, 3.8) is 0 Å². The van der Waals surface area contributed by atoms with Crippen LogP contribution < -0.4 is 9.47 Å². The Kier molecular flexibility index (Phi) is 4.76. The maximum absolute atomic E-state index is 12.4. The molecule has 0 spiro atoms. The second kappa shape index (κ2) is 7.21. The van der Waals surface area contributed by atoms with Crippen molar-refractivity contribution in [2.24, 2.45) is 5.41 Å². The topological polar surface area (TPSA) is 69.5 Å². The standard InChI is InChI=1S/C20H26N4O3/c1-3-23-13-21-22-18(23)7-9-24-12-20(2,8-6-19(24)25)11-15-4-5-16-17(10-15)27-14-26-16/h4-5,10,13H,3,6-9,11-12,14H2,1-2H3/t20-/m0/s1. The molecule has 1 aromatic carbocycles. The van der Waals surface area contributed by atoms with Crippen LogP contribution in [0.3, 0.4) is 0 Å². The van der Waals surface area contributed by atoms with Crippen molar-refractivity contribution < 1.29 is 14.3 Å². The van der Waals surface area contributed by atoms with E-state index in [0.717, 1.165) is 49.7 Å². The average molecular weight is 370 g/mol. The fourth-order valence-corrected chi connectivity index (χ4v) is 4.06. The highest BCUT2D eigenvalue weighted by Gasteiger charge is 2.35. The van der Waals surface area contributed by atoms with E-state index in [2.05, 4.69) is 36.2 Å². The number of aryl methyl sites for hydroxylation is 1. The molecule has 0 saturated carbocycles. The normalized spacial score (nSPS) is 21.7. The number of nitrogens with zero attached hydrogens (tertiary/aromatic N) is 4. The van der Waals surface area contributed by atoms with E-state index in [1.807, 2.05) is 15.5 Å². The Hall–Kier alpha value is -2.57. The minimum atomic E-state index is 0.0556. The van der Waals surface area contributed by atoms with Gasteiger partial charge in [-0.15, -0.1) is 10.2 Å². The van der Waals surface area contributed by atoms with Gasteiger partial charge >= 0.3 is 0 Å². The molecule has 0 N–H and O–H groups in total. The van der Waals surface area contributed by atoms with Gasteiger partial charge in [-0.2, -0.15) is 0 Å². The van der Waals surface area contributed by atoms with E-state index in [1.165, 1.54) is 5.56 Å². The third kappa shape index (κ3) is 3.77. The lowest BCUT2D eigenvalue weighted by molar-refractivity contribution is -0.137. The van der Waals surface area contributed by atoms with Gasteiger partial charge in [-0.25, -0.2) is 0 Å². The van der Waals surface area contributed by atoms with Crippen molar-refractivity contribution in [3.8, 4) is 11.5 Å². The van der Waals surface area contributed by atoms with Crippen LogP contribution in [-0.4, -0.2) is 45.5 Å². The first-order valence-electron chi connectivity index (χ1n) is 9.59. The van der Waals surface area contributed by atoms with Crippen LogP contribution in [0.2, 0.25) is 0 Å². The molecule has 2 aliphatic heterocycles. The number of rotatable bonds is 6. The minimum absolute atomic E-state index is 0.0556. The number of hydrogen-bond acceptors (Lipinski definition) is 5. The number of amides is 1. The zero-order chi connectivity index (χ0) is 18.9. The molecule has 144 valence electrons. The third-order valence-corrected chi connectivity index (χ3v) is 5.58. The molecule has 3 heterocycles. The van der Waals surface area contributed by atoms with Gasteiger partial charge in [-0.3, -0.25) is 4.79 Å². The number of benzene rings is 1. The number of carbonyl (C=O) groups is 1. The maximum Gasteiger partial charge on any atom is 0.231 e. The molecule has 7 nitrogen and oxygen atoms in total. The Morgan fingerprint density at radius 1 is 1.26 bits per heavy atom. The molecule has 0 bridgehead atoms. The number of fused-ring (bicyclic) bond motifs is 1. The molecular weight excluding hydrogens is 344 g/mol. The van der Waals surface area contributed by atoms with Crippen molar-refractivity contribution in [1.29, 1.82) is 0 Å². The van der Waals surface area contributed by atoms with Crippen LogP contribution in [-0.2, 0) is 24.2 Å². The van der Waals surface area contributed by atoms with Crippen molar-refractivity contribution in [2.75, 3.05) is 19.9 Å². The first kappa shape index (κ1) is 17.8. The van der Waals surface area contributed by atoms with Gasteiger partial charge in [0.2, 0.25) is 12.7 Å². The number of hydrogen-bond donors (Lipinski definition) is 0. The minimum Gasteiger partial charge on any atom is -0.454 e. The summed E-state index contributed by atoms with van der Waals surface area (Å²) in [6.45, 7) is 6.93. The van der Waals surface area contributed by atoms with Gasteiger partial charge in [0, 0.05) is 32.5 Å². The van der Waals surface area contributed by atoms with Crippen molar-refractivity contribution >= 4 is 5.91 Å². The van der Waals surface area contributed by atoms with Gasteiger partial charge in [0.1, 0.15) is 12.2 Å². The summed E-state index contributed by atoms with van der Waals surface area (Å²) in [6.07, 6.45) is 4.90. The van der Waals surface area contributed by atoms with E-state index in [-0.39, 0.29) is 11.3 Å². The zero-order valence-electron chi connectivity index (χ0n) is 16.0. The van der Waals surface area contributed by atoms with E-state index < -0.39 is 0 Å². The number of likely N-dealkylation sites (tertiary alicyclic amines) is 1. The first-order valence-corrected chi connectivity index (χ1v) is 9.59. The smallest absolute Gasteiger partial charge is 0.231 e. The van der Waals surface area contributed by atoms with E-state index in [1.54, 1.807) is 6.33 Å². The van der Waals surface area contributed by atoms with Gasteiger partial charge in [-0.1, -0.05) is 13.0 Å². The molecule has 1 atom stereocenters. The Balaban J connectivity index is 1.42. The molecule has 27 heavy (non-hydrogen) atoms. The highest BCUT2D eigenvalue weighted by atomic mass is 16.7. The second-order valence-electron chi connectivity index (χ2n) is 7.77. The van der Waals surface area contributed by atoms with Crippen LogP contribution in [0.4, 0.5) is 0 Å². The summed E-state index contributed by atoms with van der Waals surface area (Å²) in [5.41, 5.74) is 1.28. The van der Waals surface area contributed by atoms with Crippen molar-refractivity contribution in [2.45, 2.75) is 46.1 Å². The molecule has 1 saturated heterocycles. The SMILES string of the molecule is CCn1cnnc1CCN1C[C@](C)(Cc2ccc3c(c2)OCO3)CCC1=O. The predicted molar refractivity (Wildman–Crippen MR) is 99.6 cm³/mol. The molecule has 1 fully saturated rings.